The van der Waals surface area contributed by atoms with Crippen molar-refractivity contribution in [2.24, 2.45) is 7.05 Å². The van der Waals surface area contributed by atoms with Crippen molar-refractivity contribution in [3.8, 4) is 11.4 Å². The van der Waals surface area contributed by atoms with Crippen LogP contribution in [-0.2, 0) is 7.05 Å². The quantitative estimate of drug-likeness (QED) is 0.731. The second kappa shape index (κ2) is 3.94. The fourth-order valence-electron chi connectivity index (χ4n) is 2.21. The van der Waals surface area contributed by atoms with Gasteiger partial charge < -0.3 is 5.11 Å². The van der Waals surface area contributed by atoms with Crippen LogP contribution in [0.3, 0.4) is 0 Å². The van der Waals surface area contributed by atoms with Crippen molar-refractivity contribution in [1.29, 1.82) is 0 Å². The van der Waals surface area contributed by atoms with Crippen LogP contribution < -0.4 is 0 Å². The molecule has 0 atom stereocenters. The predicted molar refractivity (Wildman–Crippen MR) is 67.5 cm³/mol. The Morgan fingerprint density at radius 2 is 2.05 bits per heavy atom. The lowest BCUT2D eigenvalue weighted by Crippen LogP contribution is -2.10. The molecule has 6 heteroatoms. The van der Waals surface area contributed by atoms with Gasteiger partial charge in [0.1, 0.15) is 5.82 Å². The zero-order valence-electron chi connectivity index (χ0n) is 10.0. The summed E-state index contributed by atoms with van der Waals surface area (Å²) < 4.78 is 15.9. The third kappa shape index (κ3) is 1.69. The molecule has 3 aromatic rings. The van der Waals surface area contributed by atoms with E-state index in [1.807, 2.05) is 0 Å². The van der Waals surface area contributed by atoms with Gasteiger partial charge in [-0.25, -0.2) is 13.8 Å². The first-order valence-corrected chi connectivity index (χ1v) is 5.60. The van der Waals surface area contributed by atoms with Gasteiger partial charge in [0, 0.05) is 18.6 Å². The third-order valence-electron chi connectivity index (χ3n) is 3.04. The highest BCUT2D eigenvalue weighted by molar-refractivity contribution is 5.95. The standard InChI is InChI=1S/C13H10FN3O2/c1-16-11(4-5-15-16)12-7-8-6-9(14)2-3-10(8)17(12)13(18)19/h2-7H,1H3,(H,18,19). The Labute approximate surface area is 107 Å². The number of aryl methyl sites for hydroxylation is 1. The van der Waals surface area contributed by atoms with Gasteiger partial charge in [0.15, 0.2) is 0 Å². The summed E-state index contributed by atoms with van der Waals surface area (Å²) in [4.78, 5) is 11.4. The van der Waals surface area contributed by atoms with Crippen LogP contribution in [0.1, 0.15) is 0 Å². The molecule has 19 heavy (non-hydrogen) atoms. The summed E-state index contributed by atoms with van der Waals surface area (Å²) in [7, 11) is 1.72. The summed E-state index contributed by atoms with van der Waals surface area (Å²) in [5.41, 5.74) is 1.57. The number of carbonyl (C=O) groups is 1. The lowest BCUT2D eigenvalue weighted by atomic mass is 10.2. The maximum absolute atomic E-state index is 13.2. The molecule has 0 fully saturated rings. The highest BCUT2D eigenvalue weighted by Crippen LogP contribution is 2.28. The Morgan fingerprint density at radius 1 is 1.26 bits per heavy atom. The maximum atomic E-state index is 13.2. The number of hydrogen-bond acceptors (Lipinski definition) is 2. The molecule has 0 radical (unpaired) electrons. The van der Waals surface area contributed by atoms with Crippen molar-refractivity contribution in [1.82, 2.24) is 14.3 Å². The maximum Gasteiger partial charge on any atom is 0.416 e. The molecular weight excluding hydrogens is 249 g/mol. The van der Waals surface area contributed by atoms with E-state index in [2.05, 4.69) is 5.10 Å². The summed E-state index contributed by atoms with van der Waals surface area (Å²) in [6, 6.07) is 7.37. The van der Waals surface area contributed by atoms with Crippen LogP contribution in [0.25, 0.3) is 22.3 Å². The zero-order valence-corrected chi connectivity index (χ0v) is 10.0. The molecule has 0 aliphatic heterocycles. The molecule has 0 bridgehead atoms. The molecular formula is C13H10FN3O2. The Kier molecular flexibility index (Phi) is 2.38. The van der Waals surface area contributed by atoms with Crippen LogP contribution in [0.5, 0.6) is 0 Å². The largest absolute Gasteiger partial charge is 0.464 e. The van der Waals surface area contributed by atoms with E-state index >= 15 is 0 Å². The van der Waals surface area contributed by atoms with Gasteiger partial charge in [0.2, 0.25) is 0 Å². The number of fused-ring (bicyclic) bond motifs is 1. The van der Waals surface area contributed by atoms with Crippen LogP contribution in [0.15, 0.2) is 36.5 Å². The van der Waals surface area contributed by atoms with E-state index in [0.29, 0.717) is 22.3 Å². The van der Waals surface area contributed by atoms with Crippen LogP contribution in [0.2, 0.25) is 0 Å². The fraction of sp³-hybridized carbons (Fsp3) is 0.0769. The molecule has 5 nitrogen and oxygen atoms in total. The van der Waals surface area contributed by atoms with Gasteiger partial charge >= 0.3 is 6.09 Å². The predicted octanol–water partition coefficient (Wildman–Crippen LogP) is 2.71. The number of halogens is 1. The molecule has 0 aliphatic carbocycles. The first-order chi connectivity index (χ1) is 9.08. The molecule has 0 aliphatic rings. The van der Waals surface area contributed by atoms with Gasteiger partial charge in [-0.2, -0.15) is 5.10 Å². The fourth-order valence-corrected chi connectivity index (χ4v) is 2.21. The monoisotopic (exact) mass is 259 g/mol. The zero-order chi connectivity index (χ0) is 13.6. The molecule has 96 valence electrons. The van der Waals surface area contributed by atoms with E-state index in [4.69, 9.17) is 0 Å². The van der Waals surface area contributed by atoms with Crippen LogP contribution >= 0.6 is 0 Å². The third-order valence-corrected chi connectivity index (χ3v) is 3.04. The second-order valence-electron chi connectivity index (χ2n) is 4.19. The molecule has 2 heterocycles. The van der Waals surface area contributed by atoms with Gasteiger partial charge in [-0.15, -0.1) is 0 Å². The Hall–Kier alpha value is -2.63. The second-order valence-corrected chi connectivity index (χ2v) is 4.19. The number of hydrogen-bond donors (Lipinski definition) is 1. The Bertz CT molecular complexity index is 788. The molecule has 0 unspecified atom stereocenters. The highest BCUT2D eigenvalue weighted by atomic mass is 19.1. The number of benzene rings is 1. The number of nitrogens with zero attached hydrogens (tertiary/aromatic N) is 3. The van der Waals surface area contributed by atoms with Crippen LogP contribution in [-0.4, -0.2) is 25.5 Å². The summed E-state index contributed by atoms with van der Waals surface area (Å²) >= 11 is 0. The summed E-state index contributed by atoms with van der Waals surface area (Å²) in [5, 5.41) is 13.9. The Balaban J connectivity index is 2.38. The topological polar surface area (TPSA) is 60.0 Å². The summed E-state index contributed by atoms with van der Waals surface area (Å²) in [6.07, 6.45) is 0.470. The molecule has 0 saturated heterocycles. The van der Waals surface area contributed by atoms with Crippen molar-refractivity contribution in [2.75, 3.05) is 0 Å². The molecule has 0 saturated carbocycles. The van der Waals surface area contributed by atoms with Crippen molar-refractivity contribution >= 4 is 17.0 Å². The average Bonchev–Trinajstić information content (AvgIpc) is 2.91. The van der Waals surface area contributed by atoms with E-state index in [-0.39, 0.29) is 0 Å². The lowest BCUT2D eigenvalue weighted by molar-refractivity contribution is 0.198. The van der Waals surface area contributed by atoms with Gasteiger partial charge in [0.05, 0.1) is 16.9 Å². The molecule has 3 rings (SSSR count). The van der Waals surface area contributed by atoms with E-state index in [0.717, 1.165) is 4.57 Å². The smallest absolute Gasteiger partial charge is 0.416 e. The van der Waals surface area contributed by atoms with Crippen LogP contribution in [0.4, 0.5) is 9.18 Å². The average molecular weight is 259 g/mol. The summed E-state index contributed by atoms with van der Waals surface area (Å²) in [6.45, 7) is 0. The minimum atomic E-state index is -1.11. The first kappa shape index (κ1) is 11.5. The minimum absolute atomic E-state index is 0.397. The first-order valence-electron chi connectivity index (χ1n) is 5.60. The number of rotatable bonds is 1. The summed E-state index contributed by atoms with van der Waals surface area (Å²) in [5.74, 6) is -0.397. The van der Waals surface area contributed by atoms with E-state index in [1.54, 1.807) is 30.1 Å². The van der Waals surface area contributed by atoms with Gasteiger partial charge in [0.25, 0.3) is 0 Å². The van der Waals surface area contributed by atoms with Crippen molar-refractivity contribution in [3.63, 3.8) is 0 Å². The minimum Gasteiger partial charge on any atom is -0.464 e. The molecule has 2 aromatic heterocycles. The number of aromatic nitrogens is 3. The van der Waals surface area contributed by atoms with Crippen molar-refractivity contribution in [2.45, 2.75) is 0 Å². The molecule has 1 aromatic carbocycles. The van der Waals surface area contributed by atoms with Crippen LogP contribution in [0, 0.1) is 5.82 Å². The Morgan fingerprint density at radius 3 is 2.68 bits per heavy atom. The number of carboxylic acid groups (broad SMARTS) is 1. The van der Waals surface area contributed by atoms with Gasteiger partial charge in [-0.05, 0) is 30.3 Å². The van der Waals surface area contributed by atoms with E-state index < -0.39 is 11.9 Å². The SMILES string of the molecule is Cn1nccc1-c1cc2cc(F)ccc2n1C(=O)O. The lowest BCUT2D eigenvalue weighted by Gasteiger charge is -2.05. The highest BCUT2D eigenvalue weighted by Gasteiger charge is 2.17. The van der Waals surface area contributed by atoms with E-state index in [1.165, 1.54) is 18.2 Å². The van der Waals surface area contributed by atoms with Crippen molar-refractivity contribution in [3.05, 3.63) is 42.3 Å². The normalized spacial score (nSPS) is 11.1. The van der Waals surface area contributed by atoms with Gasteiger partial charge in [-0.1, -0.05) is 0 Å². The van der Waals surface area contributed by atoms with Gasteiger partial charge in [-0.3, -0.25) is 4.68 Å². The van der Waals surface area contributed by atoms with E-state index in [9.17, 15) is 14.3 Å². The molecule has 0 spiro atoms. The molecule has 1 N–H and O–H groups in total. The molecule has 0 amide bonds. The van der Waals surface area contributed by atoms with Crippen molar-refractivity contribution < 1.29 is 14.3 Å².